The Kier molecular flexibility index (Phi) is 4.26. The number of amidine groups is 1. The molecule has 0 saturated carbocycles. The number of amides is 3. The number of likely N-dealkylation sites (N-methyl/N-ethyl adjacent to an activating group) is 2. The monoisotopic (exact) mass is 296 g/mol. The second kappa shape index (κ2) is 5.80. The van der Waals surface area contributed by atoms with Crippen LogP contribution in [0, 0.1) is 5.92 Å². The molecule has 1 atom stereocenters. The Balaban J connectivity index is 2.39. The van der Waals surface area contributed by atoms with Crippen LogP contribution in [0.15, 0.2) is 4.99 Å². The zero-order valence-corrected chi connectivity index (χ0v) is 12.8. The first-order valence-electron chi connectivity index (χ1n) is 7.00. The van der Waals surface area contributed by atoms with Gasteiger partial charge in [0.15, 0.2) is 0 Å². The van der Waals surface area contributed by atoms with Crippen molar-refractivity contribution in [1.82, 2.24) is 15.1 Å². The SMILES string of the molecule is CC(C)C[N+]1=C(NCCO)N=C2C1C(=O)N(C)C(=O)N2C. The molecule has 0 aromatic carbocycles. The van der Waals surface area contributed by atoms with Crippen molar-refractivity contribution in [1.29, 1.82) is 0 Å². The van der Waals surface area contributed by atoms with Crippen molar-refractivity contribution in [3.05, 3.63) is 0 Å². The van der Waals surface area contributed by atoms with Crippen LogP contribution in [0.5, 0.6) is 0 Å². The molecule has 0 aromatic heterocycles. The Bertz CT molecular complexity index is 526. The summed E-state index contributed by atoms with van der Waals surface area (Å²) in [6.45, 7) is 5.04. The van der Waals surface area contributed by atoms with Gasteiger partial charge in [-0.25, -0.2) is 9.37 Å². The molecule has 2 rings (SSSR count). The van der Waals surface area contributed by atoms with Gasteiger partial charge in [0.05, 0.1) is 19.7 Å². The predicted octanol–water partition coefficient (Wildman–Crippen LogP) is -1.10. The number of urea groups is 1. The number of aliphatic hydroxyl groups is 1. The first-order chi connectivity index (χ1) is 9.88. The molecule has 116 valence electrons. The molecule has 3 amide bonds. The summed E-state index contributed by atoms with van der Waals surface area (Å²) < 4.78 is 1.86. The molecule has 2 heterocycles. The number of guanidine groups is 1. The molecule has 2 aliphatic heterocycles. The third-order valence-corrected chi connectivity index (χ3v) is 3.49. The highest BCUT2D eigenvalue weighted by atomic mass is 16.3. The zero-order valence-electron chi connectivity index (χ0n) is 12.8. The molecule has 21 heavy (non-hydrogen) atoms. The summed E-state index contributed by atoms with van der Waals surface area (Å²) in [6, 6.07) is -0.968. The summed E-state index contributed by atoms with van der Waals surface area (Å²) in [7, 11) is 3.09. The van der Waals surface area contributed by atoms with E-state index in [0.717, 1.165) is 4.90 Å². The lowest BCUT2D eigenvalue weighted by atomic mass is 10.1. The Hall–Kier alpha value is -1.96. The van der Waals surface area contributed by atoms with Gasteiger partial charge in [-0.2, -0.15) is 0 Å². The molecule has 0 spiro atoms. The smallest absolute Gasteiger partial charge is 0.390 e. The summed E-state index contributed by atoms with van der Waals surface area (Å²) >= 11 is 0. The van der Waals surface area contributed by atoms with Crippen LogP contribution in [-0.2, 0) is 4.79 Å². The predicted molar refractivity (Wildman–Crippen MR) is 77.2 cm³/mol. The molecular formula is C13H22N5O3+. The van der Waals surface area contributed by atoms with E-state index in [4.69, 9.17) is 5.11 Å². The molecule has 0 aliphatic carbocycles. The Morgan fingerprint density at radius 2 is 2.00 bits per heavy atom. The topological polar surface area (TPSA) is 88.2 Å². The number of hydrogen-bond acceptors (Lipinski definition) is 5. The summed E-state index contributed by atoms with van der Waals surface area (Å²) in [5.41, 5.74) is 0. The Morgan fingerprint density at radius 1 is 1.33 bits per heavy atom. The molecule has 0 radical (unpaired) electrons. The van der Waals surface area contributed by atoms with Crippen molar-refractivity contribution >= 4 is 23.7 Å². The van der Waals surface area contributed by atoms with Gasteiger partial charge in [-0.05, 0) is 5.92 Å². The number of fused-ring (bicyclic) bond motifs is 1. The number of nitrogens with one attached hydrogen (secondary N) is 1. The number of hydrogen-bond donors (Lipinski definition) is 2. The average Bonchev–Trinajstić information content (AvgIpc) is 2.78. The minimum Gasteiger partial charge on any atom is -0.393 e. The number of nitrogens with zero attached hydrogens (tertiary/aromatic N) is 4. The minimum atomic E-state index is -0.582. The third-order valence-electron chi connectivity index (χ3n) is 3.49. The van der Waals surface area contributed by atoms with Gasteiger partial charge >= 0.3 is 12.0 Å². The summed E-state index contributed by atoms with van der Waals surface area (Å²) in [4.78, 5) is 31.3. The highest BCUT2D eigenvalue weighted by molar-refractivity contribution is 6.22. The van der Waals surface area contributed by atoms with Crippen LogP contribution >= 0.6 is 0 Å². The molecule has 0 bridgehead atoms. The molecule has 0 aromatic rings. The number of aliphatic hydroxyl groups excluding tert-OH is 1. The first-order valence-corrected chi connectivity index (χ1v) is 7.00. The fourth-order valence-electron chi connectivity index (χ4n) is 2.49. The van der Waals surface area contributed by atoms with E-state index in [1.165, 1.54) is 11.9 Å². The van der Waals surface area contributed by atoms with Crippen molar-refractivity contribution in [3.8, 4) is 0 Å². The number of carbonyl (C=O) groups excluding carboxylic acids is 2. The number of imide groups is 1. The number of carbonyl (C=O) groups is 2. The normalized spacial score (nSPS) is 22.2. The second-order valence-electron chi connectivity index (χ2n) is 5.63. The second-order valence-corrected chi connectivity index (χ2v) is 5.63. The third kappa shape index (κ3) is 2.63. The minimum absolute atomic E-state index is 0.0306. The lowest BCUT2D eigenvalue weighted by Gasteiger charge is -2.32. The lowest BCUT2D eigenvalue weighted by Crippen LogP contribution is -2.61. The van der Waals surface area contributed by atoms with Gasteiger partial charge < -0.3 is 5.11 Å². The highest BCUT2D eigenvalue weighted by Gasteiger charge is 2.51. The van der Waals surface area contributed by atoms with Gasteiger partial charge in [0.2, 0.25) is 11.9 Å². The zero-order chi connectivity index (χ0) is 15.7. The van der Waals surface area contributed by atoms with E-state index in [-0.39, 0.29) is 18.5 Å². The van der Waals surface area contributed by atoms with Crippen LogP contribution in [-0.4, -0.2) is 83.0 Å². The number of rotatable bonds is 4. The van der Waals surface area contributed by atoms with Crippen LogP contribution in [0.2, 0.25) is 0 Å². The first kappa shape index (κ1) is 15.4. The van der Waals surface area contributed by atoms with Crippen molar-refractivity contribution in [2.24, 2.45) is 10.9 Å². The lowest BCUT2D eigenvalue weighted by molar-refractivity contribution is -0.542. The molecule has 2 aliphatic rings. The van der Waals surface area contributed by atoms with Gasteiger partial charge in [0, 0.05) is 14.1 Å². The van der Waals surface area contributed by atoms with Crippen LogP contribution in [0.25, 0.3) is 0 Å². The van der Waals surface area contributed by atoms with Gasteiger partial charge in [0.25, 0.3) is 5.91 Å². The van der Waals surface area contributed by atoms with Gasteiger partial charge in [-0.1, -0.05) is 18.8 Å². The van der Waals surface area contributed by atoms with E-state index in [1.54, 1.807) is 7.05 Å². The molecule has 1 fully saturated rings. The largest absolute Gasteiger partial charge is 0.393 e. The average molecular weight is 296 g/mol. The standard InChI is InChI=1S/C13H21N5O3/c1-8(2)7-18-9-10(15-12(18)14-5-6-19)16(3)13(21)17(4)11(9)20/h8-9,19H,5-7H2,1-4H3/p+1. The summed E-state index contributed by atoms with van der Waals surface area (Å²) in [6.07, 6.45) is 0. The van der Waals surface area contributed by atoms with Crippen molar-refractivity contribution in [2.75, 3.05) is 33.8 Å². The van der Waals surface area contributed by atoms with Gasteiger partial charge in [-0.3, -0.25) is 19.9 Å². The maximum atomic E-state index is 12.4. The van der Waals surface area contributed by atoms with Crippen LogP contribution in [0.4, 0.5) is 4.79 Å². The van der Waals surface area contributed by atoms with Crippen LogP contribution in [0.1, 0.15) is 13.8 Å². The maximum Gasteiger partial charge on any atom is 0.390 e. The molecule has 8 nitrogen and oxygen atoms in total. The van der Waals surface area contributed by atoms with Crippen molar-refractivity contribution in [3.63, 3.8) is 0 Å². The molecular weight excluding hydrogens is 274 g/mol. The van der Waals surface area contributed by atoms with E-state index >= 15 is 0 Å². The summed E-state index contributed by atoms with van der Waals surface area (Å²) in [5.74, 6) is 1.01. The quantitative estimate of drug-likeness (QED) is 0.644. The van der Waals surface area contributed by atoms with Crippen molar-refractivity contribution in [2.45, 2.75) is 19.9 Å². The van der Waals surface area contributed by atoms with E-state index in [1.807, 2.05) is 18.4 Å². The summed E-state index contributed by atoms with van der Waals surface area (Å²) in [5, 5.41) is 12.0. The van der Waals surface area contributed by atoms with E-state index in [9.17, 15) is 9.59 Å². The van der Waals surface area contributed by atoms with E-state index < -0.39 is 6.04 Å². The van der Waals surface area contributed by atoms with Crippen LogP contribution < -0.4 is 5.32 Å². The molecule has 1 saturated heterocycles. The number of aliphatic imine (C=N–C) groups is 1. The van der Waals surface area contributed by atoms with Crippen LogP contribution in [0.3, 0.4) is 0 Å². The maximum absolute atomic E-state index is 12.4. The fraction of sp³-hybridized carbons (Fsp3) is 0.692. The van der Waals surface area contributed by atoms with Crippen molar-refractivity contribution < 1.29 is 19.3 Å². The highest BCUT2D eigenvalue weighted by Crippen LogP contribution is 2.19. The van der Waals surface area contributed by atoms with E-state index in [0.29, 0.717) is 30.8 Å². The van der Waals surface area contributed by atoms with Gasteiger partial charge in [-0.15, -0.1) is 0 Å². The van der Waals surface area contributed by atoms with Gasteiger partial charge in [0.1, 0.15) is 0 Å². The van der Waals surface area contributed by atoms with E-state index in [2.05, 4.69) is 10.3 Å². The fourth-order valence-corrected chi connectivity index (χ4v) is 2.49. The Morgan fingerprint density at radius 3 is 2.57 bits per heavy atom. The molecule has 2 N–H and O–H groups in total. The molecule has 1 unspecified atom stereocenters. The Labute approximate surface area is 123 Å². The molecule has 8 heteroatoms.